The predicted molar refractivity (Wildman–Crippen MR) is 260 cm³/mol. The van der Waals surface area contributed by atoms with Crippen LogP contribution in [0.3, 0.4) is 0 Å². The standard InChI is InChI=1S/C51H72Cl2O18/c1-13-30-21-25(5)32(55)17-15-14-16-31(22-65-49-43(64-12)39(58)42(29(9)66-49)68-48(63)34-27(7)35(52)38(57)36(53)37(34)56)47(62)67-33(28(8)54)19-18-24(4)20-26(6)41(30)70-50-44(69-46(61)23(2)3)40(59)45(60)51(10,11)71-50/h14-16,18,20-21,23,28-30,32-33,39-45,49-50,54-60H,13,17,19,22H2,1-12H3/t28?,29-,30?,32?,33?,39+,40?,41-,42-,43+,44-,45-,49-,50+/m1/s1. The molecule has 3 aliphatic rings. The summed E-state index contributed by atoms with van der Waals surface area (Å²) < 4.78 is 47.6. The zero-order valence-electron chi connectivity index (χ0n) is 42.3. The lowest BCUT2D eigenvalue weighted by atomic mass is 9.88. The topological polar surface area (TPSA) is 267 Å². The van der Waals surface area contributed by atoms with E-state index >= 15 is 0 Å². The average molecular weight is 1040 g/mol. The Morgan fingerprint density at radius 3 is 2.17 bits per heavy atom. The van der Waals surface area contributed by atoms with Gasteiger partial charge in [0.1, 0.15) is 41.1 Å². The van der Waals surface area contributed by atoms with Crippen molar-refractivity contribution in [3.05, 3.63) is 79.9 Å². The van der Waals surface area contributed by atoms with E-state index in [1.54, 1.807) is 46.8 Å². The molecule has 0 spiro atoms. The van der Waals surface area contributed by atoms with Crippen molar-refractivity contribution in [2.75, 3.05) is 13.7 Å². The minimum absolute atomic E-state index is 0.0290. The van der Waals surface area contributed by atoms with Gasteiger partial charge in [-0.25, -0.2) is 9.59 Å². The molecule has 0 aromatic heterocycles. The highest BCUT2D eigenvalue weighted by atomic mass is 35.5. The van der Waals surface area contributed by atoms with Gasteiger partial charge < -0.3 is 73.6 Å². The van der Waals surface area contributed by atoms with Crippen LogP contribution in [0.25, 0.3) is 0 Å². The smallest absolute Gasteiger partial charge is 0.342 e. The van der Waals surface area contributed by atoms with Crippen molar-refractivity contribution in [3.63, 3.8) is 0 Å². The molecule has 2 fully saturated rings. The fourth-order valence-corrected chi connectivity index (χ4v) is 8.71. The molecule has 0 radical (unpaired) electrons. The Bertz CT molecular complexity index is 2170. The predicted octanol–water partition coefficient (Wildman–Crippen LogP) is 5.98. The van der Waals surface area contributed by atoms with Crippen LogP contribution in [-0.2, 0) is 47.5 Å². The molecule has 1 aromatic carbocycles. The Balaban J connectivity index is 1.63. The number of rotatable bonds is 12. The Hall–Kier alpha value is -3.89. The van der Waals surface area contributed by atoms with Gasteiger partial charge in [0.15, 0.2) is 36.3 Å². The zero-order chi connectivity index (χ0) is 53.4. The fourth-order valence-electron chi connectivity index (χ4n) is 8.29. The number of esters is 3. The lowest BCUT2D eigenvalue weighted by Gasteiger charge is -2.47. The van der Waals surface area contributed by atoms with Gasteiger partial charge in [-0.2, -0.15) is 0 Å². The third-order valence-corrected chi connectivity index (χ3v) is 13.6. The molecule has 398 valence electrons. The molecule has 1 aromatic rings. The van der Waals surface area contributed by atoms with Gasteiger partial charge in [0.25, 0.3) is 0 Å². The molecule has 0 bridgehead atoms. The lowest BCUT2D eigenvalue weighted by Crippen LogP contribution is -2.64. The molecule has 20 heteroatoms. The number of ether oxygens (including phenoxy) is 8. The largest absolute Gasteiger partial charge is 0.505 e. The summed E-state index contributed by atoms with van der Waals surface area (Å²) in [6.45, 7) is 17.7. The first-order chi connectivity index (χ1) is 33.2. The summed E-state index contributed by atoms with van der Waals surface area (Å²) in [5, 5.41) is 75.7. The normalized spacial score (nSPS) is 31.8. The van der Waals surface area contributed by atoms with Crippen molar-refractivity contribution in [1.82, 2.24) is 0 Å². The van der Waals surface area contributed by atoms with Crippen molar-refractivity contribution in [2.24, 2.45) is 11.8 Å². The van der Waals surface area contributed by atoms with Crippen LogP contribution in [0.5, 0.6) is 11.5 Å². The van der Waals surface area contributed by atoms with E-state index in [0.717, 1.165) is 0 Å². The highest BCUT2D eigenvalue weighted by Gasteiger charge is 2.53. The SMILES string of the molecule is CCC1C=C(C)C(O)CC=CC=C(CO[C@@H]2O[C@H](C)[C@@H](OC(=O)c3c(C)c(Cl)c(O)c(Cl)c3O)[C@H](O)[C@@H]2OC)C(=O)OC(C(C)O)CC=C(C)C=C(C)[C@H]1O[C@H]1OC(C)(C)[C@H](O)C(O)[C@H]1OC(=O)C(C)C. The number of phenols is 2. The summed E-state index contributed by atoms with van der Waals surface area (Å²) in [6, 6.07) is 0. The molecule has 18 nitrogen and oxygen atoms in total. The number of halogens is 2. The first-order valence-corrected chi connectivity index (χ1v) is 24.4. The average Bonchev–Trinajstić information content (AvgIpc) is 3.30. The molecule has 3 heterocycles. The van der Waals surface area contributed by atoms with Crippen LogP contribution in [0.2, 0.25) is 10.0 Å². The van der Waals surface area contributed by atoms with Crippen LogP contribution in [0.15, 0.2) is 58.7 Å². The number of allylic oxidation sites excluding steroid dienone is 4. The van der Waals surface area contributed by atoms with Crippen molar-refractivity contribution in [3.8, 4) is 11.5 Å². The van der Waals surface area contributed by atoms with Crippen LogP contribution in [0, 0.1) is 18.8 Å². The number of phenolic OH excluding ortho intramolecular Hbond substituents is 2. The summed E-state index contributed by atoms with van der Waals surface area (Å²) in [5.41, 5.74) is 0.153. The molecule has 2 saturated heterocycles. The highest BCUT2D eigenvalue weighted by molar-refractivity contribution is 6.39. The van der Waals surface area contributed by atoms with E-state index in [9.17, 15) is 50.1 Å². The maximum absolute atomic E-state index is 13.9. The maximum atomic E-state index is 13.9. The second kappa shape index (κ2) is 25.9. The van der Waals surface area contributed by atoms with Crippen LogP contribution in [-0.4, -0.2) is 153 Å². The van der Waals surface area contributed by atoms with Crippen molar-refractivity contribution in [2.45, 2.75) is 181 Å². The zero-order valence-corrected chi connectivity index (χ0v) is 43.8. The number of cyclic esters (lactones) is 1. The number of benzene rings is 1. The third kappa shape index (κ3) is 14.7. The summed E-state index contributed by atoms with van der Waals surface area (Å²) in [4.78, 5) is 40.1. The molecule has 0 aliphatic carbocycles. The van der Waals surface area contributed by atoms with Gasteiger partial charge in [-0.15, -0.1) is 0 Å². The molecule has 71 heavy (non-hydrogen) atoms. The number of aromatic hydroxyl groups is 2. The van der Waals surface area contributed by atoms with Gasteiger partial charge in [-0.05, 0) is 91.0 Å². The summed E-state index contributed by atoms with van der Waals surface area (Å²) in [7, 11) is 1.26. The van der Waals surface area contributed by atoms with Gasteiger partial charge in [-0.1, -0.05) is 79.9 Å². The second-order valence-electron chi connectivity index (χ2n) is 19.2. The number of hydrogen-bond acceptors (Lipinski definition) is 18. The highest BCUT2D eigenvalue weighted by Crippen LogP contribution is 2.44. The fraction of sp³-hybridized carbons (Fsp3) is 0.627. The molecular formula is C51H72Cl2O18. The number of methoxy groups -OCH3 is 1. The maximum Gasteiger partial charge on any atom is 0.342 e. The van der Waals surface area contributed by atoms with E-state index in [1.807, 2.05) is 32.9 Å². The van der Waals surface area contributed by atoms with Crippen LogP contribution in [0.4, 0.5) is 0 Å². The molecule has 3 aliphatic heterocycles. The summed E-state index contributed by atoms with van der Waals surface area (Å²) >= 11 is 12.1. The van der Waals surface area contributed by atoms with E-state index in [2.05, 4.69) is 0 Å². The molecule has 4 rings (SSSR count). The van der Waals surface area contributed by atoms with Crippen molar-refractivity contribution < 1.29 is 88.0 Å². The van der Waals surface area contributed by atoms with Gasteiger partial charge in [-0.3, -0.25) is 4.79 Å². The number of aliphatic hydroxyl groups is 5. The molecule has 0 saturated carbocycles. The van der Waals surface area contributed by atoms with Gasteiger partial charge in [0, 0.05) is 19.4 Å². The van der Waals surface area contributed by atoms with Crippen LogP contribution in [0.1, 0.15) is 104 Å². The molecule has 14 atom stereocenters. The van der Waals surface area contributed by atoms with Gasteiger partial charge in [0.2, 0.25) is 0 Å². The van der Waals surface area contributed by atoms with Gasteiger partial charge in [0.05, 0.1) is 53.1 Å². The van der Waals surface area contributed by atoms with Crippen molar-refractivity contribution in [1.29, 1.82) is 0 Å². The van der Waals surface area contributed by atoms with E-state index in [4.69, 9.17) is 61.1 Å². The minimum atomic E-state index is -1.57. The molecule has 5 unspecified atom stereocenters. The first kappa shape index (κ1) is 59.7. The number of aliphatic hydroxyl groups excluding tert-OH is 5. The summed E-state index contributed by atoms with van der Waals surface area (Å²) in [5.74, 6) is -4.98. The van der Waals surface area contributed by atoms with E-state index < -0.39 is 144 Å². The Labute approximate surface area is 425 Å². The van der Waals surface area contributed by atoms with E-state index in [1.165, 1.54) is 40.0 Å². The monoisotopic (exact) mass is 1040 g/mol. The first-order valence-electron chi connectivity index (χ1n) is 23.6. The number of carbonyl (C=O) groups is 3. The lowest BCUT2D eigenvalue weighted by molar-refractivity contribution is -0.333. The number of hydrogen-bond donors (Lipinski definition) is 7. The second-order valence-corrected chi connectivity index (χ2v) is 19.9. The molecular weight excluding hydrogens is 971 g/mol. The van der Waals surface area contributed by atoms with Gasteiger partial charge >= 0.3 is 17.9 Å². The Morgan fingerprint density at radius 2 is 1.56 bits per heavy atom. The Kier molecular flexibility index (Phi) is 21.7. The quantitative estimate of drug-likeness (QED) is 0.0721. The summed E-state index contributed by atoms with van der Waals surface area (Å²) in [6.07, 6.45) is -5.56. The number of carbonyl (C=O) groups excluding carboxylic acids is 3. The van der Waals surface area contributed by atoms with Crippen LogP contribution >= 0.6 is 23.2 Å². The van der Waals surface area contributed by atoms with Crippen molar-refractivity contribution >= 4 is 41.1 Å². The molecule has 0 amide bonds. The third-order valence-electron chi connectivity index (χ3n) is 12.8. The minimum Gasteiger partial charge on any atom is -0.505 e. The Morgan fingerprint density at radius 1 is 0.901 bits per heavy atom. The van der Waals surface area contributed by atoms with Crippen LogP contribution < -0.4 is 0 Å². The molecule has 7 N–H and O–H groups in total. The van der Waals surface area contributed by atoms with E-state index in [0.29, 0.717) is 23.1 Å². The van der Waals surface area contributed by atoms with E-state index in [-0.39, 0.29) is 29.0 Å².